The number of hydrogen-bond donors (Lipinski definition) is 1. The second-order valence-electron chi connectivity index (χ2n) is 4.89. The Morgan fingerprint density at radius 1 is 1.39 bits per heavy atom. The van der Waals surface area contributed by atoms with E-state index in [0.717, 1.165) is 22.5 Å². The maximum Gasteiger partial charge on any atom is 0.122 e. The standard InChI is InChI=1S/C14H21BrN2O/c1-17-6-4-3-5-13(17)10-16-12-7-11(15)8-14(9-12)18-2/h7-9,13,16H,3-6,10H2,1-2H3. The van der Waals surface area contributed by atoms with Crippen molar-refractivity contribution in [3.8, 4) is 5.75 Å². The molecular formula is C14H21BrN2O. The summed E-state index contributed by atoms with van der Waals surface area (Å²) in [6, 6.07) is 6.74. The van der Waals surface area contributed by atoms with Gasteiger partial charge in [-0.3, -0.25) is 0 Å². The summed E-state index contributed by atoms with van der Waals surface area (Å²) in [5.41, 5.74) is 1.11. The van der Waals surface area contributed by atoms with Gasteiger partial charge in [-0.05, 0) is 38.6 Å². The van der Waals surface area contributed by atoms with Crippen LogP contribution in [0.2, 0.25) is 0 Å². The SMILES string of the molecule is COc1cc(Br)cc(NCC2CCCCN2C)c1. The molecule has 1 fully saturated rings. The Morgan fingerprint density at radius 3 is 2.94 bits per heavy atom. The van der Waals surface area contributed by atoms with E-state index in [1.807, 2.05) is 12.1 Å². The maximum atomic E-state index is 5.27. The highest BCUT2D eigenvalue weighted by molar-refractivity contribution is 9.10. The van der Waals surface area contributed by atoms with E-state index in [0.29, 0.717) is 6.04 Å². The van der Waals surface area contributed by atoms with Crippen molar-refractivity contribution in [1.82, 2.24) is 4.90 Å². The summed E-state index contributed by atoms with van der Waals surface area (Å²) in [5, 5.41) is 3.51. The van der Waals surface area contributed by atoms with E-state index >= 15 is 0 Å². The molecule has 0 aromatic heterocycles. The van der Waals surface area contributed by atoms with Crippen molar-refractivity contribution in [1.29, 1.82) is 0 Å². The number of nitrogens with one attached hydrogen (secondary N) is 1. The number of piperidine rings is 1. The average Bonchev–Trinajstić information content (AvgIpc) is 2.37. The van der Waals surface area contributed by atoms with Crippen molar-refractivity contribution in [3.63, 3.8) is 0 Å². The third kappa shape index (κ3) is 3.62. The minimum Gasteiger partial charge on any atom is -0.497 e. The highest BCUT2D eigenvalue weighted by atomic mass is 79.9. The molecule has 100 valence electrons. The molecule has 1 atom stereocenters. The minimum atomic E-state index is 0.642. The van der Waals surface area contributed by atoms with Gasteiger partial charge in [0.05, 0.1) is 7.11 Å². The third-order valence-electron chi connectivity index (χ3n) is 3.57. The lowest BCUT2D eigenvalue weighted by Crippen LogP contribution is -2.40. The molecule has 0 bridgehead atoms. The molecule has 1 aliphatic heterocycles. The highest BCUT2D eigenvalue weighted by Crippen LogP contribution is 2.25. The lowest BCUT2D eigenvalue weighted by Gasteiger charge is -2.32. The number of ether oxygens (including phenoxy) is 1. The smallest absolute Gasteiger partial charge is 0.122 e. The zero-order valence-electron chi connectivity index (χ0n) is 11.1. The largest absolute Gasteiger partial charge is 0.497 e. The monoisotopic (exact) mass is 312 g/mol. The zero-order chi connectivity index (χ0) is 13.0. The fourth-order valence-corrected chi connectivity index (χ4v) is 2.89. The van der Waals surface area contributed by atoms with Gasteiger partial charge in [-0.2, -0.15) is 0 Å². The molecule has 1 aliphatic rings. The minimum absolute atomic E-state index is 0.642. The molecule has 1 aromatic carbocycles. The first-order valence-electron chi connectivity index (χ1n) is 6.48. The molecule has 1 heterocycles. The molecule has 0 spiro atoms. The summed E-state index contributed by atoms with van der Waals surface area (Å²) in [6.07, 6.45) is 3.96. The van der Waals surface area contributed by atoms with Crippen LogP contribution < -0.4 is 10.1 Å². The van der Waals surface area contributed by atoms with Crippen molar-refractivity contribution >= 4 is 21.6 Å². The quantitative estimate of drug-likeness (QED) is 0.922. The Balaban J connectivity index is 1.94. The third-order valence-corrected chi connectivity index (χ3v) is 4.03. The van der Waals surface area contributed by atoms with Gasteiger partial charge in [0, 0.05) is 28.8 Å². The summed E-state index contributed by atoms with van der Waals surface area (Å²) in [7, 11) is 3.91. The molecule has 2 rings (SSSR count). The van der Waals surface area contributed by atoms with Crippen LogP contribution >= 0.6 is 15.9 Å². The van der Waals surface area contributed by atoms with Crippen LogP contribution in [-0.2, 0) is 0 Å². The average molecular weight is 313 g/mol. The van der Waals surface area contributed by atoms with E-state index < -0.39 is 0 Å². The molecule has 3 nitrogen and oxygen atoms in total. The number of methoxy groups -OCH3 is 1. The predicted octanol–water partition coefficient (Wildman–Crippen LogP) is 3.35. The van der Waals surface area contributed by atoms with Crippen LogP contribution in [0.25, 0.3) is 0 Å². The van der Waals surface area contributed by atoms with Crippen LogP contribution in [0.4, 0.5) is 5.69 Å². The lowest BCUT2D eigenvalue weighted by molar-refractivity contribution is 0.194. The first kappa shape index (κ1) is 13.7. The first-order valence-corrected chi connectivity index (χ1v) is 7.27. The molecule has 1 N–H and O–H groups in total. The fourth-order valence-electron chi connectivity index (χ4n) is 2.42. The van der Waals surface area contributed by atoms with Gasteiger partial charge in [0.15, 0.2) is 0 Å². The topological polar surface area (TPSA) is 24.5 Å². The maximum absolute atomic E-state index is 5.27. The number of hydrogen-bond acceptors (Lipinski definition) is 3. The van der Waals surface area contributed by atoms with Gasteiger partial charge < -0.3 is 15.0 Å². The van der Waals surface area contributed by atoms with Crippen molar-refractivity contribution < 1.29 is 4.74 Å². The summed E-state index contributed by atoms with van der Waals surface area (Å²) in [6.45, 7) is 2.21. The molecular weight excluding hydrogens is 292 g/mol. The molecule has 0 amide bonds. The summed E-state index contributed by atoms with van der Waals surface area (Å²) < 4.78 is 6.31. The fraction of sp³-hybridized carbons (Fsp3) is 0.571. The van der Waals surface area contributed by atoms with Gasteiger partial charge in [-0.15, -0.1) is 0 Å². The number of nitrogens with zero attached hydrogens (tertiary/aromatic N) is 1. The Hall–Kier alpha value is -0.740. The normalized spacial score (nSPS) is 20.7. The molecule has 0 aliphatic carbocycles. The number of anilines is 1. The Labute approximate surface area is 118 Å². The second-order valence-corrected chi connectivity index (χ2v) is 5.81. The Bertz CT molecular complexity index is 397. The Morgan fingerprint density at radius 2 is 2.22 bits per heavy atom. The number of halogens is 1. The van der Waals surface area contributed by atoms with E-state index in [2.05, 4.69) is 39.3 Å². The van der Waals surface area contributed by atoms with Gasteiger partial charge in [0.2, 0.25) is 0 Å². The summed E-state index contributed by atoms with van der Waals surface area (Å²) in [4.78, 5) is 2.45. The number of likely N-dealkylation sites (tertiary alicyclic amines) is 1. The molecule has 0 saturated carbocycles. The van der Waals surface area contributed by atoms with E-state index in [9.17, 15) is 0 Å². The van der Waals surface area contributed by atoms with Crippen LogP contribution in [-0.4, -0.2) is 38.2 Å². The van der Waals surface area contributed by atoms with Gasteiger partial charge >= 0.3 is 0 Å². The molecule has 1 unspecified atom stereocenters. The van der Waals surface area contributed by atoms with E-state index in [1.54, 1.807) is 7.11 Å². The number of likely N-dealkylation sites (N-methyl/N-ethyl adjacent to an activating group) is 1. The van der Waals surface area contributed by atoms with Gasteiger partial charge in [-0.25, -0.2) is 0 Å². The van der Waals surface area contributed by atoms with Crippen LogP contribution in [0.15, 0.2) is 22.7 Å². The Kier molecular flexibility index (Phi) is 4.89. The second kappa shape index (κ2) is 6.43. The zero-order valence-corrected chi connectivity index (χ0v) is 12.7. The van der Waals surface area contributed by atoms with Crippen molar-refractivity contribution in [2.24, 2.45) is 0 Å². The van der Waals surface area contributed by atoms with Crippen molar-refractivity contribution in [2.75, 3.05) is 32.6 Å². The summed E-state index contributed by atoms with van der Waals surface area (Å²) >= 11 is 3.50. The van der Waals surface area contributed by atoms with Crippen LogP contribution in [0.1, 0.15) is 19.3 Å². The molecule has 18 heavy (non-hydrogen) atoms. The lowest BCUT2D eigenvalue weighted by atomic mass is 10.0. The summed E-state index contributed by atoms with van der Waals surface area (Å²) in [5.74, 6) is 0.879. The number of rotatable bonds is 4. The molecule has 1 saturated heterocycles. The number of benzene rings is 1. The van der Waals surface area contributed by atoms with Gasteiger partial charge in [0.25, 0.3) is 0 Å². The molecule has 0 radical (unpaired) electrons. The van der Waals surface area contributed by atoms with E-state index in [-0.39, 0.29) is 0 Å². The van der Waals surface area contributed by atoms with E-state index in [4.69, 9.17) is 4.74 Å². The van der Waals surface area contributed by atoms with Gasteiger partial charge in [0.1, 0.15) is 5.75 Å². The van der Waals surface area contributed by atoms with Gasteiger partial charge in [-0.1, -0.05) is 22.4 Å². The van der Waals surface area contributed by atoms with Crippen LogP contribution in [0, 0.1) is 0 Å². The van der Waals surface area contributed by atoms with Crippen molar-refractivity contribution in [3.05, 3.63) is 22.7 Å². The highest BCUT2D eigenvalue weighted by Gasteiger charge is 2.18. The van der Waals surface area contributed by atoms with Crippen LogP contribution in [0.5, 0.6) is 5.75 Å². The predicted molar refractivity (Wildman–Crippen MR) is 79.5 cm³/mol. The van der Waals surface area contributed by atoms with Crippen molar-refractivity contribution in [2.45, 2.75) is 25.3 Å². The molecule has 4 heteroatoms. The van der Waals surface area contributed by atoms with Crippen LogP contribution in [0.3, 0.4) is 0 Å². The molecule has 1 aromatic rings. The van der Waals surface area contributed by atoms with E-state index in [1.165, 1.54) is 25.8 Å². The first-order chi connectivity index (χ1) is 8.69.